The molecule has 0 bridgehead atoms. The van der Waals surface area contributed by atoms with E-state index in [0.29, 0.717) is 6.54 Å². The van der Waals surface area contributed by atoms with E-state index in [4.69, 9.17) is 5.73 Å². The van der Waals surface area contributed by atoms with Crippen molar-refractivity contribution in [1.29, 1.82) is 0 Å². The van der Waals surface area contributed by atoms with Crippen molar-refractivity contribution in [2.24, 2.45) is 5.73 Å². The molecule has 2 N–H and O–H groups in total. The minimum absolute atomic E-state index is 0.166. The lowest BCUT2D eigenvalue weighted by molar-refractivity contribution is 0.186. The Labute approximate surface area is 124 Å². The first kappa shape index (κ1) is 13.9. The van der Waals surface area contributed by atoms with Crippen LogP contribution in [0.5, 0.6) is 0 Å². The second-order valence-corrected chi connectivity index (χ2v) is 5.10. The van der Waals surface area contributed by atoms with Gasteiger partial charge in [-0.1, -0.05) is 6.07 Å². The second-order valence-electron chi connectivity index (χ2n) is 5.10. The zero-order valence-corrected chi connectivity index (χ0v) is 12.0. The third kappa shape index (κ3) is 3.17. The van der Waals surface area contributed by atoms with Gasteiger partial charge in [0.1, 0.15) is 12.1 Å². The Morgan fingerprint density at radius 2 is 1.90 bits per heavy atom. The monoisotopic (exact) mass is 284 g/mol. The largest absolute Gasteiger partial charge is 0.354 e. The average Bonchev–Trinajstić information content (AvgIpc) is 2.58. The molecule has 1 saturated heterocycles. The summed E-state index contributed by atoms with van der Waals surface area (Å²) in [5, 5.41) is 0. The molecule has 0 amide bonds. The van der Waals surface area contributed by atoms with Gasteiger partial charge in [-0.25, -0.2) is 15.0 Å². The molecule has 0 spiro atoms. The van der Waals surface area contributed by atoms with Gasteiger partial charge >= 0.3 is 0 Å². The van der Waals surface area contributed by atoms with E-state index >= 15 is 0 Å². The van der Waals surface area contributed by atoms with Crippen molar-refractivity contribution in [2.45, 2.75) is 6.04 Å². The average molecular weight is 284 g/mol. The van der Waals surface area contributed by atoms with Crippen LogP contribution in [0.1, 0.15) is 11.7 Å². The highest BCUT2D eigenvalue weighted by Crippen LogP contribution is 2.20. The van der Waals surface area contributed by atoms with Crippen molar-refractivity contribution in [3.05, 3.63) is 48.7 Å². The molecule has 3 heterocycles. The van der Waals surface area contributed by atoms with Gasteiger partial charge in [0.25, 0.3) is 0 Å². The Balaban J connectivity index is 1.65. The predicted molar refractivity (Wildman–Crippen MR) is 81.9 cm³/mol. The number of anilines is 1. The van der Waals surface area contributed by atoms with Crippen molar-refractivity contribution in [2.75, 3.05) is 37.6 Å². The van der Waals surface area contributed by atoms with Crippen LogP contribution in [0.4, 0.5) is 5.82 Å². The van der Waals surface area contributed by atoms with E-state index in [1.165, 1.54) is 0 Å². The lowest BCUT2D eigenvalue weighted by Crippen LogP contribution is -2.49. The fourth-order valence-corrected chi connectivity index (χ4v) is 2.76. The van der Waals surface area contributed by atoms with Gasteiger partial charge in [-0.3, -0.25) is 4.90 Å². The topological polar surface area (TPSA) is 71.2 Å². The summed E-state index contributed by atoms with van der Waals surface area (Å²) in [6.07, 6.45) is 5.20. The number of hydrogen-bond acceptors (Lipinski definition) is 6. The van der Waals surface area contributed by atoms with Crippen LogP contribution in [0, 0.1) is 0 Å². The van der Waals surface area contributed by atoms with Crippen LogP contribution in [0.15, 0.2) is 43.0 Å². The van der Waals surface area contributed by atoms with Crippen molar-refractivity contribution in [1.82, 2.24) is 19.9 Å². The summed E-state index contributed by atoms with van der Waals surface area (Å²) in [6.45, 7) is 4.41. The molecular formula is C15H20N6. The molecule has 1 aliphatic heterocycles. The SMILES string of the molecule is NCC(c1ccncn1)N1CCN(c2ccccn2)CC1. The Hall–Kier alpha value is -2.05. The first-order chi connectivity index (χ1) is 10.4. The number of aromatic nitrogens is 3. The fraction of sp³-hybridized carbons (Fsp3) is 0.400. The van der Waals surface area contributed by atoms with Gasteiger partial charge in [-0.2, -0.15) is 0 Å². The molecule has 1 aliphatic rings. The summed E-state index contributed by atoms with van der Waals surface area (Å²) in [5.41, 5.74) is 6.95. The van der Waals surface area contributed by atoms with Gasteiger partial charge in [0.05, 0.1) is 11.7 Å². The van der Waals surface area contributed by atoms with E-state index in [-0.39, 0.29) is 6.04 Å². The molecule has 110 valence electrons. The number of pyridine rings is 1. The molecular weight excluding hydrogens is 264 g/mol. The van der Waals surface area contributed by atoms with Crippen LogP contribution >= 0.6 is 0 Å². The van der Waals surface area contributed by atoms with E-state index in [0.717, 1.165) is 37.7 Å². The molecule has 0 aromatic carbocycles. The summed E-state index contributed by atoms with van der Waals surface area (Å²) < 4.78 is 0. The summed E-state index contributed by atoms with van der Waals surface area (Å²) >= 11 is 0. The van der Waals surface area contributed by atoms with Crippen molar-refractivity contribution in [3.8, 4) is 0 Å². The van der Waals surface area contributed by atoms with Crippen molar-refractivity contribution in [3.63, 3.8) is 0 Å². The van der Waals surface area contributed by atoms with Crippen LogP contribution in [0.3, 0.4) is 0 Å². The first-order valence-corrected chi connectivity index (χ1v) is 7.24. The van der Waals surface area contributed by atoms with Gasteiger partial charge in [0, 0.05) is 45.1 Å². The predicted octanol–water partition coefficient (Wildman–Crippen LogP) is 0.694. The third-order valence-electron chi connectivity index (χ3n) is 3.90. The summed E-state index contributed by atoms with van der Waals surface area (Å²) in [6, 6.07) is 8.14. The lowest BCUT2D eigenvalue weighted by Gasteiger charge is -2.39. The Kier molecular flexibility index (Phi) is 4.37. The van der Waals surface area contributed by atoms with Crippen molar-refractivity contribution >= 4 is 5.82 Å². The number of piperazine rings is 1. The van der Waals surface area contributed by atoms with Gasteiger partial charge in [0.2, 0.25) is 0 Å². The zero-order chi connectivity index (χ0) is 14.5. The molecule has 6 nitrogen and oxygen atoms in total. The smallest absolute Gasteiger partial charge is 0.128 e. The highest BCUT2D eigenvalue weighted by atomic mass is 15.3. The molecule has 1 atom stereocenters. The van der Waals surface area contributed by atoms with Crippen LogP contribution < -0.4 is 10.6 Å². The standard InChI is InChI=1S/C15H20N6/c16-11-14(13-4-6-17-12-19-13)20-7-9-21(10-8-20)15-3-1-2-5-18-15/h1-6,12,14H,7-11,16H2. The highest BCUT2D eigenvalue weighted by molar-refractivity contribution is 5.38. The third-order valence-corrected chi connectivity index (χ3v) is 3.90. The van der Waals surface area contributed by atoms with E-state index in [9.17, 15) is 0 Å². The van der Waals surface area contributed by atoms with Gasteiger partial charge in [-0.05, 0) is 18.2 Å². The van der Waals surface area contributed by atoms with Crippen LogP contribution in [0.25, 0.3) is 0 Å². The maximum atomic E-state index is 5.95. The molecule has 0 aliphatic carbocycles. The maximum absolute atomic E-state index is 5.95. The zero-order valence-electron chi connectivity index (χ0n) is 12.0. The van der Waals surface area contributed by atoms with Crippen LogP contribution in [-0.4, -0.2) is 52.6 Å². The molecule has 6 heteroatoms. The Morgan fingerprint density at radius 3 is 2.52 bits per heavy atom. The Morgan fingerprint density at radius 1 is 1.05 bits per heavy atom. The van der Waals surface area contributed by atoms with Gasteiger partial charge in [-0.15, -0.1) is 0 Å². The fourth-order valence-electron chi connectivity index (χ4n) is 2.76. The van der Waals surface area contributed by atoms with E-state index < -0.39 is 0 Å². The molecule has 3 rings (SSSR count). The summed E-state index contributed by atoms with van der Waals surface area (Å²) in [5.74, 6) is 1.04. The minimum atomic E-state index is 0.166. The number of rotatable bonds is 4. The lowest BCUT2D eigenvalue weighted by atomic mass is 10.1. The number of nitrogens with zero attached hydrogens (tertiary/aromatic N) is 5. The van der Waals surface area contributed by atoms with Crippen LogP contribution in [-0.2, 0) is 0 Å². The molecule has 1 unspecified atom stereocenters. The van der Waals surface area contributed by atoms with E-state index in [1.807, 2.05) is 24.4 Å². The van der Waals surface area contributed by atoms with E-state index in [2.05, 4.69) is 30.8 Å². The quantitative estimate of drug-likeness (QED) is 0.891. The molecule has 0 saturated carbocycles. The molecule has 2 aromatic heterocycles. The van der Waals surface area contributed by atoms with Crippen LogP contribution in [0.2, 0.25) is 0 Å². The van der Waals surface area contributed by atoms with E-state index in [1.54, 1.807) is 12.5 Å². The number of hydrogen-bond donors (Lipinski definition) is 1. The second kappa shape index (κ2) is 6.60. The van der Waals surface area contributed by atoms with Crippen molar-refractivity contribution < 1.29 is 0 Å². The van der Waals surface area contributed by atoms with Gasteiger partial charge < -0.3 is 10.6 Å². The number of nitrogens with two attached hydrogens (primary N) is 1. The Bertz CT molecular complexity index is 539. The molecule has 1 fully saturated rings. The maximum Gasteiger partial charge on any atom is 0.128 e. The van der Waals surface area contributed by atoms with Gasteiger partial charge in [0.15, 0.2) is 0 Å². The first-order valence-electron chi connectivity index (χ1n) is 7.24. The highest BCUT2D eigenvalue weighted by Gasteiger charge is 2.25. The minimum Gasteiger partial charge on any atom is -0.354 e. The molecule has 0 radical (unpaired) electrons. The molecule has 2 aromatic rings. The summed E-state index contributed by atoms with van der Waals surface area (Å²) in [7, 11) is 0. The normalized spacial score (nSPS) is 17.7. The molecule has 21 heavy (non-hydrogen) atoms. The summed E-state index contributed by atoms with van der Waals surface area (Å²) in [4.78, 5) is 17.4.